The standard InChI is InChI=1S/C33H40ClN3O5S/c1-4-31(33(39)35-27-8-6-5-7-9-27)36(22-25-12-10-24(2)11-13-25)32(38)23-37(28-16-14-26(34)15-17-28)43(40,41)30-20-18-29(42-3)19-21-30/h10-21,27,31H,4-9,22-23H2,1-3H3,(H,35,39)/t31-/m0/s1. The van der Waals surface area contributed by atoms with Gasteiger partial charge in [0.2, 0.25) is 11.8 Å². The van der Waals surface area contributed by atoms with E-state index in [1.807, 2.05) is 38.1 Å². The van der Waals surface area contributed by atoms with Gasteiger partial charge in [0.15, 0.2) is 0 Å². The van der Waals surface area contributed by atoms with Crippen LogP contribution in [0, 0.1) is 6.92 Å². The number of carbonyl (C=O) groups is 2. The molecular formula is C33H40ClN3O5S. The average molecular weight is 626 g/mol. The highest BCUT2D eigenvalue weighted by molar-refractivity contribution is 7.92. The van der Waals surface area contributed by atoms with Crippen molar-refractivity contribution >= 4 is 39.1 Å². The summed E-state index contributed by atoms with van der Waals surface area (Å²) in [5.74, 6) is -0.198. The van der Waals surface area contributed by atoms with E-state index in [2.05, 4.69) is 5.32 Å². The van der Waals surface area contributed by atoms with Crippen LogP contribution in [0.5, 0.6) is 5.75 Å². The SMILES string of the molecule is CC[C@@H](C(=O)NC1CCCCC1)N(Cc1ccc(C)cc1)C(=O)CN(c1ccc(Cl)cc1)S(=O)(=O)c1ccc(OC)cc1. The van der Waals surface area contributed by atoms with Gasteiger partial charge in [0.25, 0.3) is 10.0 Å². The van der Waals surface area contributed by atoms with Gasteiger partial charge in [-0.25, -0.2) is 8.42 Å². The van der Waals surface area contributed by atoms with Crippen molar-refractivity contribution in [2.45, 2.75) is 75.9 Å². The molecule has 3 aromatic rings. The number of nitrogens with zero attached hydrogens (tertiary/aromatic N) is 2. The Morgan fingerprint density at radius 3 is 2.16 bits per heavy atom. The predicted octanol–water partition coefficient (Wildman–Crippen LogP) is 6.11. The molecule has 10 heteroatoms. The lowest BCUT2D eigenvalue weighted by Gasteiger charge is -2.34. The lowest BCUT2D eigenvalue weighted by Crippen LogP contribution is -2.54. The Kier molecular flexibility index (Phi) is 11.1. The van der Waals surface area contributed by atoms with Gasteiger partial charge in [-0.15, -0.1) is 0 Å². The van der Waals surface area contributed by atoms with Crippen LogP contribution < -0.4 is 14.4 Å². The van der Waals surface area contributed by atoms with E-state index in [0.29, 0.717) is 17.2 Å². The van der Waals surface area contributed by atoms with E-state index >= 15 is 0 Å². The minimum Gasteiger partial charge on any atom is -0.497 e. The van der Waals surface area contributed by atoms with Crippen LogP contribution in [-0.4, -0.2) is 50.9 Å². The number of benzene rings is 3. The normalized spacial score (nSPS) is 14.5. The molecule has 43 heavy (non-hydrogen) atoms. The molecule has 1 aliphatic rings. The van der Waals surface area contributed by atoms with Crippen molar-refractivity contribution in [2.24, 2.45) is 0 Å². The molecule has 3 aromatic carbocycles. The zero-order valence-electron chi connectivity index (χ0n) is 25.0. The van der Waals surface area contributed by atoms with Gasteiger partial charge < -0.3 is 15.0 Å². The Morgan fingerprint density at radius 1 is 0.953 bits per heavy atom. The van der Waals surface area contributed by atoms with E-state index in [4.69, 9.17) is 16.3 Å². The largest absolute Gasteiger partial charge is 0.497 e. The summed E-state index contributed by atoms with van der Waals surface area (Å²) in [4.78, 5) is 29.4. The van der Waals surface area contributed by atoms with Gasteiger partial charge in [0.1, 0.15) is 18.3 Å². The van der Waals surface area contributed by atoms with Gasteiger partial charge in [-0.1, -0.05) is 67.6 Å². The van der Waals surface area contributed by atoms with Crippen LogP contribution in [0.3, 0.4) is 0 Å². The van der Waals surface area contributed by atoms with E-state index in [1.54, 1.807) is 36.4 Å². The molecule has 2 amide bonds. The number of halogens is 1. The first-order valence-corrected chi connectivity index (χ1v) is 16.5. The van der Waals surface area contributed by atoms with Gasteiger partial charge in [0, 0.05) is 17.6 Å². The summed E-state index contributed by atoms with van der Waals surface area (Å²) in [6.45, 7) is 3.50. The molecule has 4 rings (SSSR count). The molecule has 0 radical (unpaired) electrons. The summed E-state index contributed by atoms with van der Waals surface area (Å²) < 4.78 is 34.3. The third-order valence-electron chi connectivity index (χ3n) is 7.85. The first-order valence-electron chi connectivity index (χ1n) is 14.7. The van der Waals surface area contributed by atoms with Crippen LogP contribution in [-0.2, 0) is 26.2 Å². The number of rotatable bonds is 12. The number of sulfonamides is 1. The number of carbonyl (C=O) groups excluding carboxylic acids is 2. The quantitative estimate of drug-likeness (QED) is 0.262. The molecular weight excluding hydrogens is 586 g/mol. The van der Waals surface area contributed by atoms with Crippen molar-refractivity contribution < 1.29 is 22.7 Å². The van der Waals surface area contributed by atoms with E-state index in [0.717, 1.165) is 47.5 Å². The number of amides is 2. The fourth-order valence-corrected chi connectivity index (χ4v) is 6.91. The number of hydrogen-bond acceptors (Lipinski definition) is 5. The molecule has 0 unspecified atom stereocenters. The Labute approximate surface area is 260 Å². The topological polar surface area (TPSA) is 96.0 Å². The molecule has 1 aliphatic carbocycles. The second-order valence-corrected chi connectivity index (χ2v) is 13.2. The molecule has 0 saturated heterocycles. The summed E-state index contributed by atoms with van der Waals surface area (Å²) in [5.41, 5.74) is 2.20. The molecule has 1 saturated carbocycles. The van der Waals surface area contributed by atoms with Crippen LogP contribution in [0.15, 0.2) is 77.7 Å². The summed E-state index contributed by atoms with van der Waals surface area (Å²) in [5, 5.41) is 3.60. The third kappa shape index (κ3) is 8.30. The average Bonchev–Trinajstić information content (AvgIpc) is 3.01. The van der Waals surface area contributed by atoms with Crippen molar-refractivity contribution in [2.75, 3.05) is 18.0 Å². The summed E-state index contributed by atoms with van der Waals surface area (Å²) in [6.07, 6.45) is 5.49. The minimum absolute atomic E-state index is 0.00298. The predicted molar refractivity (Wildman–Crippen MR) is 170 cm³/mol. The first-order chi connectivity index (χ1) is 20.6. The molecule has 0 spiro atoms. The van der Waals surface area contributed by atoms with Gasteiger partial charge in [-0.3, -0.25) is 13.9 Å². The third-order valence-corrected chi connectivity index (χ3v) is 9.89. The summed E-state index contributed by atoms with van der Waals surface area (Å²) in [7, 11) is -2.69. The molecule has 0 bridgehead atoms. The Balaban J connectivity index is 1.69. The number of aryl methyl sites for hydroxylation is 1. The van der Waals surface area contributed by atoms with Gasteiger partial charge >= 0.3 is 0 Å². The van der Waals surface area contributed by atoms with Crippen molar-refractivity contribution in [1.29, 1.82) is 0 Å². The van der Waals surface area contributed by atoms with Crippen molar-refractivity contribution in [1.82, 2.24) is 10.2 Å². The second-order valence-electron chi connectivity index (χ2n) is 10.9. The lowest BCUT2D eigenvalue weighted by molar-refractivity contribution is -0.140. The Hall–Kier alpha value is -3.56. The highest BCUT2D eigenvalue weighted by atomic mass is 35.5. The Bertz CT molecular complexity index is 1470. The molecule has 230 valence electrons. The molecule has 0 heterocycles. The number of nitrogens with one attached hydrogen (secondary N) is 1. The van der Waals surface area contributed by atoms with Gasteiger partial charge in [-0.05, 0) is 80.3 Å². The molecule has 8 nitrogen and oxygen atoms in total. The van der Waals surface area contributed by atoms with E-state index in [9.17, 15) is 18.0 Å². The molecule has 0 aliphatic heterocycles. The number of anilines is 1. The summed E-state index contributed by atoms with van der Waals surface area (Å²) in [6, 6.07) is 19.3. The van der Waals surface area contributed by atoms with Crippen LogP contribution in [0.1, 0.15) is 56.6 Å². The van der Waals surface area contributed by atoms with E-state index < -0.39 is 28.5 Å². The fourth-order valence-electron chi connectivity index (χ4n) is 5.36. The highest BCUT2D eigenvalue weighted by Crippen LogP contribution is 2.27. The molecule has 1 fully saturated rings. The Morgan fingerprint density at radius 2 is 1.58 bits per heavy atom. The zero-order chi connectivity index (χ0) is 31.0. The molecule has 1 N–H and O–H groups in total. The highest BCUT2D eigenvalue weighted by Gasteiger charge is 2.34. The van der Waals surface area contributed by atoms with Gasteiger partial charge in [0.05, 0.1) is 17.7 Å². The second kappa shape index (κ2) is 14.8. The van der Waals surface area contributed by atoms with E-state index in [1.165, 1.54) is 24.1 Å². The summed E-state index contributed by atoms with van der Waals surface area (Å²) >= 11 is 6.11. The van der Waals surface area contributed by atoms with E-state index in [-0.39, 0.29) is 29.1 Å². The fraction of sp³-hybridized carbons (Fsp3) is 0.394. The monoisotopic (exact) mass is 625 g/mol. The van der Waals surface area contributed by atoms with Crippen LogP contribution in [0.4, 0.5) is 5.69 Å². The molecule has 1 atom stereocenters. The minimum atomic E-state index is -4.19. The maximum atomic E-state index is 14.2. The van der Waals surface area contributed by atoms with Crippen LogP contribution in [0.25, 0.3) is 0 Å². The zero-order valence-corrected chi connectivity index (χ0v) is 26.5. The van der Waals surface area contributed by atoms with Crippen LogP contribution >= 0.6 is 11.6 Å². The van der Waals surface area contributed by atoms with Crippen molar-refractivity contribution in [3.63, 3.8) is 0 Å². The first kappa shape index (κ1) is 32.4. The maximum absolute atomic E-state index is 14.2. The lowest BCUT2D eigenvalue weighted by atomic mass is 9.95. The molecule has 0 aromatic heterocycles. The number of methoxy groups -OCH3 is 1. The van der Waals surface area contributed by atoms with Crippen LogP contribution in [0.2, 0.25) is 5.02 Å². The number of hydrogen-bond donors (Lipinski definition) is 1. The van der Waals surface area contributed by atoms with Gasteiger partial charge in [-0.2, -0.15) is 0 Å². The maximum Gasteiger partial charge on any atom is 0.264 e. The smallest absolute Gasteiger partial charge is 0.264 e. The van der Waals surface area contributed by atoms with Crippen molar-refractivity contribution in [3.05, 3.63) is 88.9 Å². The van der Waals surface area contributed by atoms with Crippen molar-refractivity contribution in [3.8, 4) is 5.75 Å². The number of ether oxygens (including phenoxy) is 1.